The summed E-state index contributed by atoms with van der Waals surface area (Å²) in [7, 11) is 0. The van der Waals surface area contributed by atoms with E-state index in [1.54, 1.807) is 28.6 Å². The molecule has 0 saturated carbocycles. The van der Waals surface area contributed by atoms with Gasteiger partial charge in [-0.3, -0.25) is 4.79 Å². The van der Waals surface area contributed by atoms with Gasteiger partial charge in [0, 0.05) is 41.3 Å². The minimum absolute atomic E-state index is 0.0172. The van der Waals surface area contributed by atoms with Gasteiger partial charge in [0.15, 0.2) is 0 Å². The standard InChI is InChI=1S/C17H14Cl2N4OS/c18-12-3-10(9-5-21-8-22-6-9)15-11-7-23(14(24)4-20)2-1-13(11)25-17(15)16(12)19/h3,5-6,8H,1-2,4,7,20H2. The Bertz CT molecular complexity index is 974. The molecule has 5 nitrogen and oxygen atoms in total. The Balaban J connectivity index is 1.97. The lowest BCUT2D eigenvalue weighted by Gasteiger charge is -2.27. The zero-order valence-corrected chi connectivity index (χ0v) is 15.5. The fourth-order valence-corrected chi connectivity index (χ4v) is 4.99. The van der Waals surface area contributed by atoms with Crippen LogP contribution in [-0.2, 0) is 17.8 Å². The third-order valence-corrected chi connectivity index (χ3v) is 6.61. The summed E-state index contributed by atoms with van der Waals surface area (Å²) in [5.74, 6) is -0.0466. The van der Waals surface area contributed by atoms with Crippen LogP contribution in [0.25, 0.3) is 21.2 Å². The number of aromatic nitrogens is 2. The molecule has 0 radical (unpaired) electrons. The monoisotopic (exact) mass is 392 g/mol. The highest BCUT2D eigenvalue weighted by molar-refractivity contribution is 7.20. The number of nitrogens with zero attached hydrogens (tertiary/aromatic N) is 3. The number of hydrogen-bond donors (Lipinski definition) is 1. The maximum atomic E-state index is 12.0. The molecule has 1 amide bonds. The molecule has 1 aliphatic heterocycles. The van der Waals surface area contributed by atoms with Crippen LogP contribution >= 0.6 is 34.5 Å². The van der Waals surface area contributed by atoms with E-state index in [9.17, 15) is 4.79 Å². The van der Waals surface area contributed by atoms with Crippen molar-refractivity contribution in [2.75, 3.05) is 13.1 Å². The molecule has 3 heterocycles. The second kappa shape index (κ2) is 6.53. The minimum Gasteiger partial charge on any atom is -0.337 e. The zero-order valence-electron chi connectivity index (χ0n) is 13.1. The first kappa shape index (κ1) is 16.7. The van der Waals surface area contributed by atoms with Crippen molar-refractivity contribution in [2.45, 2.75) is 13.0 Å². The van der Waals surface area contributed by atoms with E-state index in [0.717, 1.165) is 33.2 Å². The Morgan fingerprint density at radius 3 is 2.80 bits per heavy atom. The Hall–Kier alpha value is -1.73. The predicted octanol–water partition coefficient (Wildman–Crippen LogP) is 3.51. The van der Waals surface area contributed by atoms with Crippen molar-refractivity contribution in [1.29, 1.82) is 0 Å². The van der Waals surface area contributed by atoms with Gasteiger partial charge in [0.05, 0.1) is 21.3 Å². The van der Waals surface area contributed by atoms with Crippen molar-refractivity contribution in [1.82, 2.24) is 14.9 Å². The summed E-state index contributed by atoms with van der Waals surface area (Å²) in [4.78, 5) is 23.3. The van der Waals surface area contributed by atoms with Gasteiger partial charge in [-0.2, -0.15) is 0 Å². The first-order valence-corrected chi connectivity index (χ1v) is 9.33. The highest BCUT2D eigenvalue weighted by Crippen LogP contribution is 2.46. The Morgan fingerprint density at radius 1 is 1.32 bits per heavy atom. The van der Waals surface area contributed by atoms with E-state index in [1.807, 2.05) is 6.07 Å². The van der Waals surface area contributed by atoms with E-state index in [2.05, 4.69) is 9.97 Å². The number of amides is 1. The maximum Gasteiger partial charge on any atom is 0.236 e. The molecular formula is C17H14Cl2N4OS. The van der Waals surface area contributed by atoms with Gasteiger partial charge in [-0.1, -0.05) is 23.2 Å². The molecule has 3 aromatic rings. The quantitative estimate of drug-likeness (QED) is 0.723. The summed E-state index contributed by atoms with van der Waals surface area (Å²) < 4.78 is 0.945. The molecule has 0 bridgehead atoms. The molecule has 2 N–H and O–H groups in total. The number of halogens is 2. The number of benzene rings is 1. The average molecular weight is 393 g/mol. The number of fused-ring (bicyclic) bond motifs is 3. The molecule has 0 unspecified atom stereocenters. The van der Waals surface area contributed by atoms with Crippen LogP contribution < -0.4 is 5.73 Å². The van der Waals surface area contributed by atoms with Crippen LogP contribution in [0, 0.1) is 0 Å². The first-order valence-electron chi connectivity index (χ1n) is 7.75. The molecule has 0 atom stereocenters. The van der Waals surface area contributed by atoms with E-state index in [0.29, 0.717) is 23.1 Å². The summed E-state index contributed by atoms with van der Waals surface area (Å²) in [5.41, 5.74) is 8.45. The second-order valence-electron chi connectivity index (χ2n) is 5.82. The summed E-state index contributed by atoms with van der Waals surface area (Å²) in [5, 5.41) is 2.08. The molecule has 128 valence electrons. The van der Waals surface area contributed by atoms with Crippen LogP contribution in [0.2, 0.25) is 10.0 Å². The van der Waals surface area contributed by atoms with Crippen LogP contribution in [0.4, 0.5) is 0 Å². The van der Waals surface area contributed by atoms with Gasteiger partial charge in [-0.05, 0) is 23.6 Å². The molecule has 0 fully saturated rings. The van der Waals surface area contributed by atoms with E-state index >= 15 is 0 Å². The lowest BCUT2D eigenvalue weighted by atomic mass is 9.97. The molecular weight excluding hydrogens is 379 g/mol. The van der Waals surface area contributed by atoms with Gasteiger partial charge in [0.1, 0.15) is 6.33 Å². The van der Waals surface area contributed by atoms with Gasteiger partial charge in [0.25, 0.3) is 0 Å². The number of nitrogens with two attached hydrogens (primary N) is 1. The van der Waals surface area contributed by atoms with Crippen LogP contribution in [0.3, 0.4) is 0 Å². The molecule has 25 heavy (non-hydrogen) atoms. The van der Waals surface area contributed by atoms with Crippen LogP contribution in [0.15, 0.2) is 24.8 Å². The van der Waals surface area contributed by atoms with Crippen LogP contribution in [-0.4, -0.2) is 33.9 Å². The Labute approximate surface area is 158 Å². The average Bonchev–Trinajstić information content (AvgIpc) is 3.03. The number of rotatable bonds is 2. The summed E-state index contributed by atoms with van der Waals surface area (Å²) in [6.07, 6.45) is 5.78. The SMILES string of the molecule is NCC(=O)N1CCc2sc3c(Cl)c(Cl)cc(-c4cncnc4)c3c2C1. The van der Waals surface area contributed by atoms with Crippen molar-refractivity contribution in [3.63, 3.8) is 0 Å². The number of thiophene rings is 1. The molecule has 1 aliphatic rings. The number of carbonyl (C=O) groups is 1. The van der Waals surface area contributed by atoms with Crippen molar-refractivity contribution in [2.24, 2.45) is 5.73 Å². The molecule has 4 rings (SSSR count). The smallest absolute Gasteiger partial charge is 0.236 e. The lowest BCUT2D eigenvalue weighted by Crippen LogP contribution is -2.39. The summed E-state index contributed by atoms with van der Waals surface area (Å²) in [6.45, 7) is 1.22. The zero-order chi connectivity index (χ0) is 17.6. The molecule has 0 spiro atoms. The second-order valence-corrected chi connectivity index (χ2v) is 7.71. The fraction of sp³-hybridized carbons (Fsp3) is 0.235. The van der Waals surface area contributed by atoms with E-state index in [1.165, 1.54) is 11.2 Å². The van der Waals surface area contributed by atoms with Crippen molar-refractivity contribution >= 4 is 50.5 Å². The maximum absolute atomic E-state index is 12.0. The molecule has 2 aromatic heterocycles. The third-order valence-electron chi connectivity index (χ3n) is 4.40. The highest BCUT2D eigenvalue weighted by atomic mass is 35.5. The highest BCUT2D eigenvalue weighted by Gasteiger charge is 2.27. The summed E-state index contributed by atoms with van der Waals surface area (Å²) >= 11 is 14.5. The van der Waals surface area contributed by atoms with Gasteiger partial charge < -0.3 is 10.6 Å². The first-order chi connectivity index (χ1) is 12.1. The van der Waals surface area contributed by atoms with Crippen molar-refractivity contribution < 1.29 is 4.79 Å². The van der Waals surface area contributed by atoms with Gasteiger partial charge in [-0.25, -0.2) is 9.97 Å². The minimum atomic E-state index is -0.0466. The molecule has 0 aliphatic carbocycles. The number of hydrogen-bond acceptors (Lipinski definition) is 5. The third kappa shape index (κ3) is 2.79. The van der Waals surface area contributed by atoms with Gasteiger partial charge in [-0.15, -0.1) is 11.3 Å². The van der Waals surface area contributed by atoms with Gasteiger partial charge in [0.2, 0.25) is 5.91 Å². The molecule has 8 heteroatoms. The van der Waals surface area contributed by atoms with Crippen LogP contribution in [0.5, 0.6) is 0 Å². The Morgan fingerprint density at radius 2 is 2.08 bits per heavy atom. The lowest BCUT2D eigenvalue weighted by molar-refractivity contribution is -0.130. The van der Waals surface area contributed by atoms with Crippen LogP contribution in [0.1, 0.15) is 10.4 Å². The van der Waals surface area contributed by atoms with Crippen molar-refractivity contribution in [3.05, 3.63) is 45.3 Å². The number of carbonyl (C=O) groups excluding carboxylic acids is 1. The van der Waals surface area contributed by atoms with E-state index < -0.39 is 0 Å². The summed E-state index contributed by atoms with van der Waals surface area (Å²) in [6, 6.07) is 1.85. The van der Waals surface area contributed by atoms with E-state index in [4.69, 9.17) is 28.9 Å². The van der Waals surface area contributed by atoms with Gasteiger partial charge >= 0.3 is 0 Å². The normalized spacial score (nSPS) is 14.0. The Kier molecular flexibility index (Phi) is 4.37. The fourth-order valence-electron chi connectivity index (χ4n) is 3.21. The van der Waals surface area contributed by atoms with E-state index in [-0.39, 0.29) is 12.5 Å². The largest absolute Gasteiger partial charge is 0.337 e. The predicted molar refractivity (Wildman–Crippen MR) is 101 cm³/mol. The topological polar surface area (TPSA) is 72.1 Å². The molecule has 0 saturated heterocycles. The van der Waals surface area contributed by atoms with Crippen molar-refractivity contribution in [3.8, 4) is 11.1 Å². The molecule has 1 aromatic carbocycles.